The summed E-state index contributed by atoms with van der Waals surface area (Å²) in [5.41, 5.74) is 4.77. The summed E-state index contributed by atoms with van der Waals surface area (Å²) in [6, 6.07) is 19.2. The van der Waals surface area contributed by atoms with Crippen molar-refractivity contribution in [1.82, 2.24) is 0 Å². The van der Waals surface area contributed by atoms with E-state index in [1.807, 2.05) is 74.5 Å². The number of amides is 1. The Labute approximate surface area is 210 Å². The van der Waals surface area contributed by atoms with Gasteiger partial charge in [0.05, 0.1) is 10.6 Å². The topological polar surface area (TPSA) is 29.5 Å². The first-order valence-electron chi connectivity index (χ1n) is 9.84. The Balaban J connectivity index is 1.61. The highest BCUT2D eigenvalue weighted by Gasteiger charge is 2.34. The average Bonchev–Trinajstić information content (AvgIpc) is 3.02. The second kappa shape index (κ2) is 9.79. The molecule has 0 spiro atoms. The van der Waals surface area contributed by atoms with Crippen LogP contribution in [0.1, 0.15) is 22.3 Å². The lowest BCUT2D eigenvalue weighted by Crippen LogP contribution is -2.28. The van der Waals surface area contributed by atoms with Crippen LogP contribution in [-0.2, 0) is 11.4 Å². The number of benzene rings is 3. The van der Waals surface area contributed by atoms with E-state index in [9.17, 15) is 4.79 Å². The van der Waals surface area contributed by atoms with Gasteiger partial charge in [-0.1, -0.05) is 81.3 Å². The number of carbonyl (C=O) groups is 1. The Morgan fingerprint density at radius 3 is 2.56 bits per heavy atom. The third-order valence-corrected chi connectivity index (χ3v) is 7.00. The van der Waals surface area contributed by atoms with Crippen LogP contribution in [0.5, 0.6) is 5.75 Å². The van der Waals surface area contributed by atoms with Crippen LogP contribution in [-0.4, -0.2) is 10.2 Å². The molecular formula is C25H19BrClNO2S2. The standard InChI is InChI=1S/C25H19BrClNO2S2/c1-15-3-9-21(16(2)11-15)28-24(29)23(32-25(28)31)13-18-12-19(26)6-10-22(18)30-14-17-4-7-20(27)8-5-17/h3-13H,14H2,1-2H3/b23-13-. The Hall–Kier alpha value is -2.12. The van der Waals surface area contributed by atoms with Gasteiger partial charge in [-0.15, -0.1) is 0 Å². The summed E-state index contributed by atoms with van der Waals surface area (Å²) in [6.45, 7) is 4.41. The molecule has 1 fully saturated rings. The molecule has 0 radical (unpaired) electrons. The van der Waals surface area contributed by atoms with Gasteiger partial charge >= 0.3 is 0 Å². The van der Waals surface area contributed by atoms with Gasteiger partial charge in [0.25, 0.3) is 5.91 Å². The van der Waals surface area contributed by atoms with Gasteiger partial charge in [0.15, 0.2) is 4.32 Å². The van der Waals surface area contributed by atoms with E-state index in [1.165, 1.54) is 11.8 Å². The van der Waals surface area contributed by atoms with E-state index in [2.05, 4.69) is 22.0 Å². The van der Waals surface area contributed by atoms with Crippen LogP contribution in [0.2, 0.25) is 5.02 Å². The number of nitrogens with zero attached hydrogens (tertiary/aromatic N) is 1. The molecule has 4 rings (SSSR count). The van der Waals surface area contributed by atoms with Crippen LogP contribution in [0.25, 0.3) is 6.08 Å². The molecule has 0 unspecified atom stereocenters. The number of halogens is 2. The van der Waals surface area contributed by atoms with E-state index in [0.717, 1.165) is 32.4 Å². The molecule has 0 aliphatic carbocycles. The third kappa shape index (κ3) is 5.09. The van der Waals surface area contributed by atoms with E-state index in [-0.39, 0.29) is 5.91 Å². The maximum atomic E-state index is 13.2. The van der Waals surface area contributed by atoms with E-state index in [0.29, 0.717) is 26.6 Å². The number of thioether (sulfide) groups is 1. The largest absolute Gasteiger partial charge is 0.488 e. The molecule has 3 aromatic rings. The quantitative estimate of drug-likeness (QED) is 0.243. The highest BCUT2D eigenvalue weighted by Crippen LogP contribution is 2.39. The van der Waals surface area contributed by atoms with Crippen molar-refractivity contribution < 1.29 is 9.53 Å². The van der Waals surface area contributed by atoms with Crippen molar-refractivity contribution in [2.24, 2.45) is 0 Å². The lowest BCUT2D eigenvalue weighted by molar-refractivity contribution is -0.113. The molecule has 1 aliphatic rings. The molecule has 32 heavy (non-hydrogen) atoms. The van der Waals surface area contributed by atoms with Crippen molar-refractivity contribution in [3.8, 4) is 5.75 Å². The Bertz CT molecular complexity index is 1240. The number of hydrogen-bond acceptors (Lipinski definition) is 4. The Morgan fingerprint density at radius 2 is 1.84 bits per heavy atom. The predicted octanol–water partition coefficient (Wildman–Crippen LogP) is 7.70. The Morgan fingerprint density at radius 1 is 1.09 bits per heavy atom. The minimum absolute atomic E-state index is 0.129. The van der Waals surface area contributed by atoms with Gasteiger partial charge in [-0.2, -0.15) is 0 Å². The van der Waals surface area contributed by atoms with Gasteiger partial charge in [-0.3, -0.25) is 9.69 Å². The van der Waals surface area contributed by atoms with Gasteiger partial charge in [-0.05, 0) is 67.4 Å². The molecule has 7 heteroatoms. The van der Waals surface area contributed by atoms with Crippen LogP contribution in [0.15, 0.2) is 70.0 Å². The van der Waals surface area contributed by atoms with Gasteiger partial charge in [0.2, 0.25) is 0 Å². The predicted molar refractivity (Wildman–Crippen MR) is 141 cm³/mol. The molecule has 0 aromatic heterocycles. The van der Waals surface area contributed by atoms with E-state index in [1.54, 1.807) is 4.90 Å². The monoisotopic (exact) mass is 543 g/mol. The number of aryl methyl sites for hydroxylation is 2. The summed E-state index contributed by atoms with van der Waals surface area (Å²) in [4.78, 5) is 15.4. The maximum Gasteiger partial charge on any atom is 0.270 e. The zero-order chi connectivity index (χ0) is 22.8. The highest BCUT2D eigenvalue weighted by molar-refractivity contribution is 9.10. The average molecular weight is 545 g/mol. The van der Waals surface area contributed by atoms with Crippen LogP contribution in [0, 0.1) is 13.8 Å². The zero-order valence-corrected chi connectivity index (χ0v) is 21.4. The molecule has 0 atom stereocenters. The van der Waals surface area contributed by atoms with Crippen molar-refractivity contribution in [3.63, 3.8) is 0 Å². The minimum Gasteiger partial charge on any atom is -0.488 e. The molecule has 3 aromatic carbocycles. The molecule has 1 aliphatic heterocycles. The summed E-state index contributed by atoms with van der Waals surface area (Å²) in [7, 11) is 0. The summed E-state index contributed by atoms with van der Waals surface area (Å²) >= 11 is 16.3. The maximum absolute atomic E-state index is 13.2. The number of rotatable bonds is 5. The fourth-order valence-electron chi connectivity index (χ4n) is 3.38. The summed E-state index contributed by atoms with van der Waals surface area (Å²) in [5.74, 6) is 0.551. The van der Waals surface area contributed by atoms with Gasteiger partial charge in [-0.25, -0.2) is 0 Å². The number of anilines is 1. The van der Waals surface area contributed by atoms with E-state index in [4.69, 9.17) is 28.6 Å². The fourth-order valence-corrected chi connectivity index (χ4v) is 5.16. The molecule has 162 valence electrons. The number of thiocarbonyl (C=S) groups is 1. The molecule has 1 amide bonds. The normalized spacial score (nSPS) is 15.0. The van der Waals surface area contributed by atoms with Crippen LogP contribution < -0.4 is 9.64 Å². The first-order valence-corrected chi connectivity index (χ1v) is 12.2. The van der Waals surface area contributed by atoms with Gasteiger partial charge in [0.1, 0.15) is 12.4 Å². The molecule has 0 saturated carbocycles. The molecular weight excluding hydrogens is 526 g/mol. The lowest BCUT2D eigenvalue weighted by atomic mass is 10.1. The second-order valence-electron chi connectivity index (χ2n) is 7.40. The molecule has 0 bridgehead atoms. The van der Waals surface area contributed by atoms with Crippen molar-refractivity contribution in [3.05, 3.63) is 97.3 Å². The second-order valence-corrected chi connectivity index (χ2v) is 10.4. The van der Waals surface area contributed by atoms with Crippen LogP contribution >= 0.6 is 51.5 Å². The lowest BCUT2D eigenvalue weighted by Gasteiger charge is -2.17. The molecule has 1 heterocycles. The molecule has 3 nitrogen and oxygen atoms in total. The van der Waals surface area contributed by atoms with Gasteiger partial charge < -0.3 is 4.74 Å². The first-order chi connectivity index (χ1) is 15.3. The van der Waals surface area contributed by atoms with Crippen molar-refractivity contribution in [2.45, 2.75) is 20.5 Å². The van der Waals surface area contributed by atoms with Crippen LogP contribution in [0.4, 0.5) is 5.69 Å². The van der Waals surface area contributed by atoms with Gasteiger partial charge in [0, 0.05) is 15.1 Å². The van der Waals surface area contributed by atoms with E-state index < -0.39 is 0 Å². The molecule has 1 saturated heterocycles. The summed E-state index contributed by atoms with van der Waals surface area (Å²) in [5, 5.41) is 0.684. The first kappa shape index (κ1) is 23.1. The summed E-state index contributed by atoms with van der Waals surface area (Å²) in [6.07, 6.45) is 1.84. The van der Waals surface area contributed by atoms with E-state index >= 15 is 0 Å². The number of ether oxygens (including phenoxy) is 1. The van der Waals surface area contributed by atoms with Crippen LogP contribution in [0.3, 0.4) is 0 Å². The van der Waals surface area contributed by atoms with Crippen molar-refractivity contribution in [2.75, 3.05) is 4.90 Å². The third-order valence-electron chi connectivity index (χ3n) is 4.95. The fraction of sp³-hybridized carbons (Fsp3) is 0.120. The van der Waals surface area contributed by atoms with Crippen molar-refractivity contribution >= 4 is 73.5 Å². The molecule has 0 N–H and O–H groups in total. The zero-order valence-electron chi connectivity index (χ0n) is 17.4. The SMILES string of the molecule is Cc1ccc(N2C(=O)/C(=C/c3cc(Br)ccc3OCc3ccc(Cl)cc3)SC2=S)c(C)c1. The number of carbonyl (C=O) groups excluding carboxylic acids is 1. The minimum atomic E-state index is -0.129. The Kier molecular flexibility index (Phi) is 7.05. The summed E-state index contributed by atoms with van der Waals surface area (Å²) < 4.78 is 7.47. The highest BCUT2D eigenvalue weighted by atomic mass is 79.9. The van der Waals surface area contributed by atoms with Crippen molar-refractivity contribution in [1.29, 1.82) is 0 Å². The number of hydrogen-bond donors (Lipinski definition) is 0. The smallest absolute Gasteiger partial charge is 0.270 e.